The first kappa shape index (κ1) is 18.0. The number of aromatic amines is 1. The Kier molecular flexibility index (Phi) is 7.15. The number of ether oxygens (including phenoxy) is 1. The van der Waals surface area contributed by atoms with Gasteiger partial charge in [0.05, 0.1) is 18.0 Å². The van der Waals surface area contributed by atoms with Crippen molar-refractivity contribution in [3.8, 4) is 0 Å². The third kappa shape index (κ3) is 5.65. The molecule has 0 saturated heterocycles. The van der Waals surface area contributed by atoms with E-state index in [1.807, 2.05) is 6.92 Å². The molecule has 0 aliphatic heterocycles. The largest absolute Gasteiger partial charge is 0.374 e. The predicted octanol–water partition coefficient (Wildman–Crippen LogP) is 0.388. The highest BCUT2D eigenvalue weighted by Crippen LogP contribution is 2.17. The molecule has 1 heterocycles. The van der Waals surface area contributed by atoms with Crippen molar-refractivity contribution in [2.24, 2.45) is 0 Å². The van der Waals surface area contributed by atoms with Crippen LogP contribution in [0.4, 0.5) is 8.78 Å². The molecule has 1 aromatic rings. The number of aromatic nitrogens is 2. The molecule has 1 aromatic heterocycles. The number of hydrogen-bond acceptors (Lipinski definition) is 5. The first-order chi connectivity index (χ1) is 9.88. The number of aryl methyl sites for hydroxylation is 1. The molecule has 3 N–H and O–H groups in total. The lowest BCUT2D eigenvalue weighted by molar-refractivity contribution is 0.0199. The van der Waals surface area contributed by atoms with Crippen molar-refractivity contribution in [3.05, 3.63) is 11.4 Å². The fourth-order valence-electron chi connectivity index (χ4n) is 1.68. The maximum atomic E-state index is 12.2. The van der Waals surface area contributed by atoms with Gasteiger partial charge in [-0.3, -0.25) is 5.10 Å². The zero-order valence-corrected chi connectivity index (χ0v) is 12.8. The van der Waals surface area contributed by atoms with E-state index in [1.165, 1.54) is 0 Å². The van der Waals surface area contributed by atoms with E-state index in [-0.39, 0.29) is 18.0 Å². The Morgan fingerprint density at radius 2 is 2.14 bits per heavy atom. The van der Waals surface area contributed by atoms with Crippen LogP contribution < -0.4 is 10.0 Å². The average molecular weight is 326 g/mol. The standard InChI is InChI=1S/C11H20F2N4O3S/c1-3-14-6-9-11(8(2)16-17-9)21(18,19)15-4-5-20-7-10(12)13/h10,14-15H,3-7H2,1-2H3,(H,16,17). The Bertz CT molecular complexity index is 534. The highest BCUT2D eigenvalue weighted by Gasteiger charge is 2.23. The van der Waals surface area contributed by atoms with Gasteiger partial charge in [0.15, 0.2) is 0 Å². The molecule has 0 aliphatic carbocycles. The maximum absolute atomic E-state index is 12.2. The molecule has 0 spiro atoms. The Morgan fingerprint density at radius 3 is 2.76 bits per heavy atom. The zero-order chi connectivity index (χ0) is 15.9. The lowest BCUT2D eigenvalue weighted by Gasteiger charge is -2.08. The summed E-state index contributed by atoms with van der Waals surface area (Å²) in [6.07, 6.45) is -2.57. The van der Waals surface area contributed by atoms with Gasteiger partial charge in [0.2, 0.25) is 10.0 Å². The van der Waals surface area contributed by atoms with Crippen LogP contribution >= 0.6 is 0 Å². The van der Waals surface area contributed by atoms with E-state index in [9.17, 15) is 17.2 Å². The smallest absolute Gasteiger partial charge is 0.261 e. The highest BCUT2D eigenvalue weighted by molar-refractivity contribution is 7.89. The van der Waals surface area contributed by atoms with Gasteiger partial charge in [-0.15, -0.1) is 0 Å². The van der Waals surface area contributed by atoms with Crippen LogP contribution in [0.1, 0.15) is 18.3 Å². The Morgan fingerprint density at radius 1 is 1.43 bits per heavy atom. The van der Waals surface area contributed by atoms with Gasteiger partial charge in [-0.1, -0.05) is 6.92 Å². The molecule has 0 aliphatic rings. The zero-order valence-electron chi connectivity index (χ0n) is 11.9. The van der Waals surface area contributed by atoms with Crippen LogP contribution in [0.15, 0.2) is 4.90 Å². The number of nitrogens with zero attached hydrogens (tertiary/aromatic N) is 1. The monoisotopic (exact) mass is 326 g/mol. The molecule has 0 bridgehead atoms. The first-order valence-electron chi connectivity index (χ1n) is 6.48. The van der Waals surface area contributed by atoms with Crippen molar-refractivity contribution in [2.75, 3.05) is 26.3 Å². The lowest BCUT2D eigenvalue weighted by atomic mass is 10.3. The summed E-state index contributed by atoms with van der Waals surface area (Å²) in [6.45, 7) is 3.58. The molecule has 122 valence electrons. The molecule has 0 amide bonds. The summed E-state index contributed by atoms with van der Waals surface area (Å²) in [7, 11) is -3.76. The highest BCUT2D eigenvalue weighted by atomic mass is 32.2. The van der Waals surface area contributed by atoms with Crippen LogP contribution in [0.25, 0.3) is 0 Å². The molecule has 7 nitrogen and oxygen atoms in total. The third-order valence-electron chi connectivity index (χ3n) is 2.55. The minimum absolute atomic E-state index is 0.0808. The average Bonchev–Trinajstić information content (AvgIpc) is 2.77. The first-order valence-corrected chi connectivity index (χ1v) is 7.97. The second-order valence-electron chi connectivity index (χ2n) is 4.27. The van der Waals surface area contributed by atoms with Gasteiger partial charge in [-0.25, -0.2) is 21.9 Å². The van der Waals surface area contributed by atoms with E-state index in [0.717, 1.165) is 0 Å². The van der Waals surface area contributed by atoms with Crippen molar-refractivity contribution in [3.63, 3.8) is 0 Å². The van der Waals surface area contributed by atoms with Crippen molar-refractivity contribution >= 4 is 10.0 Å². The fourth-order valence-corrected chi connectivity index (χ4v) is 3.06. The van der Waals surface area contributed by atoms with Crippen LogP contribution in [0, 0.1) is 6.92 Å². The van der Waals surface area contributed by atoms with E-state index >= 15 is 0 Å². The third-order valence-corrected chi connectivity index (χ3v) is 4.22. The molecular weight excluding hydrogens is 306 g/mol. The summed E-state index contributed by atoms with van der Waals surface area (Å²) in [5, 5.41) is 9.58. The van der Waals surface area contributed by atoms with Crippen LogP contribution in [-0.2, 0) is 21.3 Å². The molecule has 1 rings (SSSR count). The number of sulfonamides is 1. The molecule has 0 fully saturated rings. The Balaban J connectivity index is 2.63. The number of alkyl halides is 2. The van der Waals surface area contributed by atoms with Gasteiger partial charge in [-0.2, -0.15) is 5.10 Å². The van der Waals surface area contributed by atoms with Gasteiger partial charge in [0.1, 0.15) is 11.5 Å². The molecule has 0 aromatic carbocycles. The van der Waals surface area contributed by atoms with Gasteiger partial charge in [0, 0.05) is 13.1 Å². The van der Waals surface area contributed by atoms with Crippen molar-refractivity contribution < 1.29 is 21.9 Å². The minimum Gasteiger partial charge on any atom is -0.374 e. The Labute approximate surface area is 122 Å². The topological polar surface area (TPSA) is 96.1 Å². The molecule has 0 atom stereocenters. The van der Waals surface area contributed by atoms with Crippen LogP contribution in [-0.4, -0.2) is 51.3 Å². The quantitative estimate of drug-likeness (QED) is 0.541. The molecule has 21 heavy (non-hydrogen) atoms. The second-order valence-corrected chi connectivity index (χ2v) is 5.97. The molecule has 0 unspecified atom stereocenters. The fraction of sp³-hybridized carbons (Fsp3) is 0.727. The van der Waals surface area contributed by atoms with E-state index in [1.54, 1.807) is 6.92 Å². The van der Waals surface area contributed by atoms with Crippen LogP contribution in [0.2, 0.25) is 0 Å². The number of rotatable bonds is 10. The van der Waals surface area contributed by atoms with E-state index in [0.29, 0.717) is 24.5 Å². The van der Waals surface area contributed by atoms with Crippen molar-refractivity contribution in [1.82, 2.24) is 20.2 Å². The van der Waals surface area contributed by atoms with Gasteiger partial charge in [-0.05, 0) is 13.5 Å². The van der Waals surface area contributed by atoms with E-state index < -0.39 is 23.1 Å². The van der Waals surface area contributed by atoms with E-state index in [4.69, 9.17) is 0 Å². The number of nitrogens with one attached hydrogen (secondary N) is 3. The summed E-state index contributed by atoms with van der Waals surface area (Å²) in [6, 6.07) is 0. The molecule has 0 radical (unpaired) electrons. The summed E-state index contributed by atoms with van der Waals surface area (Å²) < 4.78 is 55.0. The molecule has 10 heteroatoms. The van der Waals surface area contributed by atoms with Gasteiger partial charge >= 0.3 is 0 Å². The maximum Gasteiger partial charge on any atom is 0.261 e. The van der Waals surface area contributed by atoms with Gasteiger partial charge in [0.25, 0.3) is 6.43 Å². The predicted molar refractivity (Wildman–Crippen MR) is 72.7 cm³/mol. The molecular formula is C11H20F2N4O3S. The van der Waals surface area contributed by atoms with Gasteiger partial charge < -0.3 is 10.1 Å². The summed E-state index contributed by atoms with van der Waals surface area (Å²) in [4.78, 5) is 0.0808. The number of H-pyrrole nitrogens is 1. The number of hydrogen-bond donors (Lipinski definition) is 3. The van der Waals surface area contributed by atoms with Crippen molar-refractivity contribution in [1.29, 1.82) is 0 Å². The normalized spacial score (nSPS) is 12.2. The summed E-state index contributed by atoms with van der Waals surface area (Å²) in [5.41, 5.74) is 0.805. The summed E-state index contributed by atoms with van der Waals surface area (Å²) in [5.74, 6) is 0. The second kappa shape index (κ2) is 8.37. The van der Waals surface area contributed by atoms with Crippen LogP contribution in [0.5, 0.6) is 0 Å². The van der Waals surface area contributed by atoms with E-state index in [2.05, 4.69) is 25.0 Å². The van der Waals surface area contributed by atoms with Crippen molar-refractivity contribution in [2.45, 2.75) is 31.7 Å². The molecule has 0 saturated carbocycles. The lowest BCUT2D eigenvalue weighted by Crippen LogP contribution is -2.29. The SMILES string of the molecule is CCNCc1n[nH]c(C)c1S(=O)(=O)NCCOCC(F)F. The minimum atomic E-state index is -3.76. The van der Waals surface area contributed by atoms with Crippen LogP contribution in [0.3, 0.4) is 0 Å². The summed E-state index contributed by atoms with van der Waals surface area (Å²) >= 11 is 0. The number of halogens is 2. The Hall–Kier alpha value is -1.10.